The first kappa shape index (κ1) is 18.0. The van der Waals surface area contributed by atoms with E-state index in [-0.39, 0.29) is 12.5 Å². The quantitative estimate of drug-likeness (QED) is 0.565. The molecule has 7 nitrogen and oxygen atoms in total. The zero-order valence-electron chi connectivity index (χ0n) is 13.6. The Bertz CT molecular complexity index is 756. The van der Waals surface area contributed by atoms with Crippen molar-refractivity contribution in [2.24, 2.45) is 5.10 Å². The van der Waals surface area contributed by atoms with Gasteiger partial charge in [-0.15, -0.1) is 0 Å². The van der Waals surface area contributed by atoms with Crippen LogP contribution in [0, 0.1) is 6.92 Å². The fraction of sp³-hybridized carbons (Fsp3) is 0.167. The highest BCUT2D eigenvalue weighted by Gasteiger charge is 2.03. The van der Waals surface area contributed by atoms with Gasteiger partial charge in [-0.05, 0) is 48.4 Å². The maximum Gasteiger partial charge on any atom is 0.341 e. The van der Waals surface area contributed by atoms with Gasteiger partial charge in [0.25, 0.3) is 5.91 Å². The second-order valence-electron chi connectivity index (χ2n) is 5.10. The number of carbonyl (C=O) groups excluding carboxylic acids is 1. The molecular weight excluding hydrogens is 324 g/mol. The molecule has 2 aromatic rings. The van der Waals surface area contributed by atoms with E-state index in [0.29, 0.717) is 11.5 Å². The maximum atomic E-state index is 11.7. The Kier molecular flexibility index (Phi) is 6.53. The fourth-order valence-electron chi connectivity index (χ4n) is 1.87. The molecule has 0 aliphatic heterocycles. The van der Waals surface area contributed by atoms with Gasteiger partial charge in [0.05, 0.1) is 6.21 Å². The van der Waals surface area contributed by atoms with Crippen LogP contribution < -0.4 is 14.9 Å². The lowest BCUT2D eigenvalue weighted by atomic mass is 10.2. The first-order chi connectivity index (χ1) is 12.0. The van der Waals surface area contributed by atoms with Crippen LogP contribution in [-0.2, 0) is 9.59 Å². The van der Waals surface area contributed by atoms with Crippen molar-refractivity contribution in [2.45, 2.75) is 6.92 Å². The number of carbonyl (C=O) groups is 2. The van der Waals surface area contributed by atoms with Crippen molar-refractivity contribution in [1.82, 2.24) is 5.43 Å². The first-order valence-corrected chi connectivity index (χ1v) is 7.49. The van der Waals surface area contributed by atoms with Crippen LogP contribution in [0.4, 0.5) is 0 Å². The van der Waals surface area contributed by atoms with Crippen LogP contribution in [0.25, 0.3) is 0 Å². The highest BCUT2D eigenvalue weighted by molar-refractivity contribution is 5.83. The van der Waals surface area contributed by atoms with Crippen LogP contribution in [-0.4, -0.2) is 36.4 Å². The summed E-state index contributed by atoms with van der Waals surface area (Å²) in [6, 6.07) is 14.0. The van der Waals surface area contributed by atoms with Crippen molar-refractivity contribution in [3.63, 3.8) is 0 Å². The average Bonchev–Trinajstić information content (AvgIpc) is 2.60. The largest absolute Gasteiger partial charge is 0.483 e. The van der Waals surface area contributed by atoms with Crippen LogP contribution in [0.5, 0.6) is 11.5 Å². The lowest BCUT2D eigenvalue weighted by Crippen LogP contribution is -2.24. The van der Waals surface area contributed by atoms with Crippen LogP contribution >= 0.6 is 0 Å². The van der Waals surface area contributed by atoms with Gasteiger partial charge in [0.1, 0.15) is 11.5 Å². The topological polar surface area (TPSA) is 97.2 Å². The van der Waals surface area contributed by atoms with Crippen molar-refractivity contribution in [3.05, 3.63) is 59.7 Å². The van der Waals surface area contributed by atoms with Gasteiger partial charge in [-0.1, -0.05) is 18.2 Å². The Morgan fingerprint density at radius 1 is 1.08 bits per heavy atom. The number of carboxylic acids is 1. The minimum atomic E-state index is -1.04. The van der Waals surface area contributed by atoms with E-state index in [0.717, 1.165) is 11.1 Å². The molecule has 130 valence electrons. The minimum absolute atomic E-state index is 0.135. The van der Waals surface area contributed by atoms with Crippen LogP contribution in [0.3, 0.4) is 0 Å². The van der Waals surface area contributed by atoms with Crippen molar-refractivity contribution in [3.8, 4) is 11.5 Å². The molecule has 0 unspecified atom stereocenters. The third-order valence-electron chi connectivity index (χ3n) is 3.10. The number of ether oxygens (including phenoxy) is 2. The summed E-state index contributed by atoms with van der Waals surface area (Å²) in [6.07, 6.45) is 1.46. The Hall–Kier alpha value is -3.35. The van der Waals surface area contributed by atoms with E-state index < -0.39 is 12.6 Å². The monoisotopic (exact) mass is 342 g/mol. The normalized spacial score (nSPS) is 10.4. The predicted molar refractivity (Wildman–Crippen MR) is 92.0 cm³/mol. The molecule has 0 saturated carbocycles. The van der Waals surface area contributed by atoms with E-state index in [1.165, 1.54) is 6.21 Å². The van der Waals surface area contributed by atoms with Crippen LogP contribution in [0.2, 0.25) is 0 Å². The first-order valence-electron chi connectivity index (χ1n) is 7.49. The molecule has 0 radical (unpaired) electrons. The zero-order valence-corrected chi connectivity index (χ0v) is 13.6. The van der Waals surface area contributed by atoms with E-state index in [1.807, 2.05) is 25.1 Å². The van der Waals surface area contributed by atoms with Crippen LogP contribution in [0.15, 0.2) is 53.6 Å². The van der Waals surface area contributed by atoms with E-state index in [9.17, 15) is 9.59 Å². The third kappa shape index (κ3) is 6.34. The molecule has 0 heterocycles. The molecule has 0 atom stereocenters. The molecule has 0 spiro atoms. The van der Waals surface area contributed by atoms with E-state index in [4.69, 9.17) is 14.6 Å². The number of hydrogen-bond donors (Lipinski definition) is 2. The summed E-state index contributed by atoms with van der Waals surface area (Å²) in [7, 11) is 0. The van der Waals surface area contributed by atoms with Gasteiger partial charge >= 0.3 is 5.97 Å². The summed E-state index contributed by atoms with van der Waals surface area (Å²) in [6.45, 7) is 1.36. The number of aliphatic carboxylic acids is 1. The third-order valence-corrected chi connectivity index (χ3v) is 3.10. The van der Waals surface area contributed by atoms with Gasteiger partial charge in [-0.2, -0.15) is 5.10 Å². The summed E-state index contributed by atoms with van der Waals surface area (Å²) in [5.74, 6) is -0.323. The number of hydrogen-bond acceptors (Lipinski definition) is 5. The predicted octanol–water partition coefficient (Wildman–Crippen LogP) is 1.99. The van der Waals surface area contributed by atoms with Gasteiger partial charge in [-0.3, -0.25) is 4.79 Å². The molecule has 7 heteroatoms. The lowest BCUT2D eigenvalue weighted by molar-refractivity contribution is -0.139. The smallest absolute Gasteiger partial charge is 0.341 e. The molecule has 2 rings (SSSR count). The summed E-state index contributed by atoms with van der Waals surface area (Å²) < 4.78 is 10.4. The van der Waals surface area contributed by atoms with Crippen molar-refractivity contribution >= 4 is 18.1 Å². The molecule has 0 aliphatic carbocycles. The van der Waals surface area contributed by atoms with Gasteiger partial charge in [-0.25, -0.2) is 10.2 Å². The van der Waals surface area contributed by atoms with E-state index >= 15 is 0 Å². The minimum Gasteiger partial charge on any atom is -0.483 e. The summed E-state index contributed by atoms with van der Waals surface area (Å²) >= 11 is 0. The number of carboxylic acid groups (broad SMARTS) is 1. The number of benzene rings is 2. The summed E-state index contributed by atoms with van der Waals surface area (Å²) in [5.41, 5.74) is 4.05. The lowest BCUT2D eigenvalue weighted by Gasteiger charge is -2.07. The fourth-order valence-corrected chi connectivity index (χ4v) is 1.87. The van der Waals surface area contributed by atoms with Crippen molar-refractivity contribution in [2.75, 3.05) is 13.2 Å². The number of hydrazone groups is 1. The number of nitrogens with one attached hydrogen (secondary N) is 1. The molecule has 0 aromatic heterocycles. The second-order valence-corrected chi connectivity index (χ2v) is 5.10. The molecule has 0 bridgehead atoms. The van der Waals surface area contributed by atoms with Crippen molar-refractivity contribution < 1.29 is 24.2 Å². The highest BCUT2D eigenvalue weighted by atomic mass is 16.5. The number of nitrogens with zero attached hydrogens (tertiary/aromatic N) is 1. The SMILES string of the molecule is Cc1ccccc1OCC(=O)N/N=C/c1ccc(OCC(=O)O)cc1. The maximum absolute atomic E-state index is 11.7. The Balaban J connectivity index is 1.77. The molecule has 0 aliphatic rings. The molecule has 2 N–H and O–H groups in total. The zero-order chi connectivity index (χ0) is 18.1. The van der Waals surface area contributed by atoms with E-state index in [1.54, 1.807) is 30.3 Å². The Morgan fingerprint density at radius 2 is 1.80 bits per heavy atom. The molecule has 2 aromatic carbocycles. The van der Waals surface area contributed by atoms with E-state index in [2.05, 4.69) is 10.5 Å². The Labute approximate surface area is 144 Å². The number of para-hydroxylation sites is 1. The highest BCUT2D eigenvalue weighted by Crippen LogP contribution is 2.15. The van der Waals surface area contributed by atoms with Gasteiger partial charge in [0.15, 0.2) is 13.2 Å². The second kappa shape index (κ2) is 9.07. The molecule has 0 saturated heterocycles. The van der Waals surface area contributed by atoms with Crippen molar-refractivity contribution in [1.29, 1.82) is 0 Å². The van der Waals surface area contributed by atoms with Gasteiger partial charge < -0.3 is 14.6 Å². The molecular formula is C18H18N2O5. The molecule has 0 fully saturated rings. The summed E-state index contributed by atoms with van der Waals surface area (Å²) in [4.78, 5) is 22.1. The number of rotatable bonds is 8. The molecule has 1 amide bonds. The summed E-state index contributed by atoms with van der Waals surface area (Å²) in [5, 5.41) is 12.4. The molecule has 25 heavy (non-hydrogen) atoms. The standard InChI is InChI=1S/C18H18N2O5/c1-13-4-2-3-5-16(13)25-11-17(21)20-19-10-14-6-8-15(9-7-14)24-12-18(22)23/h2-10H,11-12H2,1H3,(H,20,21)(H,22,23)/b19-10+. The Morgan fingerprint density at radius 3 is 2.48 bits per heavy atom. The number of amides is 1. The van der Waals surface area contributed by atoms with Gasteiger partial charge in [0.2, 0.25) is 0 Å². The number of aryl methyl sites for hydroxylation is 1. The van der Waals surface area contributed by atoms with Gasteiger partial charge in [0, 0.05) is 0 Å². The average molecular weight is 342 g/mol. The van der Waals surface area contributed by atoms with Crippen LogP contribution in [0.1, 0.15) is 11.1 Å².